The van der Waals surface area contributed by atoms with Crippen LogP contribution in [0.5, 0.6) is 0 Å². The molecule has 12 amide bonds. The first-order chi connectivity index (χ1) is 47.5. The zero-order valence-corrected chi connectivity index (χ0v) is 56.8. The molecule has 0 aromatic carbocycles. The number of carbonyl (C=O) groups is 12. The monoisotopic (exact) mass is 1380 g/mol. The third kappa shape index (κ3) is 19.6. The van der Waals surface area contributed by atoms with Crippen LogP contribution in [0.25, 0.3) is 0 Å². The van der Waals surface area contributed by atoms with Gasteiger partial charge in [-0.2, -0.15) is 0 Å². The minimum Gasteiger partial charge on any atom is -0.356 e. The first kappa shape index (κ1) is 73.4. The standard InChI is InChI=1S/C63H81N25O12/c1-80(2)21-12-17-65-49(89)14-18-68-57(94)44-26-40(33-84(44)6)74-62(99)53-77-47(34-87(53)9)76-51(91)15-19-69-58(95)43-24-37(30-82(43)4)72-60(97)46-23-36(29-86(46)8)71-50(90)13-11-16-67-56(93)42-25-39(32-83(42)5)75-63(100)54-78-48(35-88(54)10)79-55(92)41(64)28-70-59(96)45-27-38(31-85(45)7)73-61(98)52-66-20-22-81(52)3/h20,22-27,29-35,41H,11-19,21,28,64H2,1-10H3,(H,65,89)(H,67,93)(H,68,94)(H,69,95)(H,70,96)(H,71,90)(H,72,97)(H,73,98)(H,74,99)(H,75,100)(H,76,91)(H,79,92)/t41-/m0/s1. The summed E-state index contributed by atoms with van der Waals surface area (Å²) in [7, 11) is 16.7. The van der Waals surface area contributed by atoms with Crippen molar-refractivity contribution in [1.29, 1.82) is 0 Å². The molecule has 0 spiro atoms. The molecule has 8 aromatic rings. The number of rotatable bonds is 32. The molecule has 14 N–H and O–H groups in total. The highest BCUT2D eigenvalue weighted by Gasteiger charge is 2.25. The summed E-state index contributed by atoms with van der Waals surface area (Å²) in [5.74, 6) is -5.98. The predicted octanol–water partition coefficient (Wildman–Crippen LogP) is 0.380. The van der Waals surface area contributed by atoms with Crippen LogP contribution in [0.1, 0.15) is 116 Å². The smallest absolute Gasteiger partial charge is 0.291 e. The number of nitrogens with two attached hydrogens (primary N) is 1. The van der Waals surface area contributed by atoms with Gasteiger partial charge >= 0.3 is 0 Å². The van der Waals surface area contributed by atoms with Gasteiger partial charge in [-0.15, -0.1) is 0 Å². The van der Waals surface area contributed by atoms with Gasteiger partial charge in [0, 0.05) is 164 Å². The number of aryl methyl sites for hydroxylation is 8. The van der Waals surface area contributed by atoms with Crippen LogP contribution in [0.2, 0.25) is 0 Å². The minimum absolute atomic E-state index is 0.00165. The largest absolute Gasteiger partial charge is 0.356 e. The maximum Gasteiger partial charge on any atom is 0.291 e. The number of aromatic nitrogens is 11. The van der Waals surface area contributed by atoms with Crippen molar-refractivity contribution < 1.29 is 57.5 Å². The van der Waals surface area contributed by atoms with Gasteiger partial charge in [0.2, 0.25) is 35.3 Å². The Labute approximate surface area is 572 Å². The topological polar surface area (TPSA) is 457 Å². The molecule has 8 heterocycles. The zero-order valence-electron chi connectivity index (χ0n) is 56.8. The van der Waals surface area contributed by atoms with E-state index in [2.05, 4.69) is 78.8 Å². The summed E-state index contributed by atoms with van der Waals surface area (Å²) in [5, 5.41) is 32.3. The molecule has 8 aromatic heterocycles. The summed E-state index contributed by atoms with van der Waals surface area (Å²) in [5.41, 5.74) is 8.58. The summed E-state index contributed by atoms with van der Waals surface area (Å²) in [6.07, 6.45) is 14.6. The fraction of sp³-hybridized carbons (Fsp3) is 0.349. The Morgan fingerprint density at radius 3 is 1.22 bits per heavy atom. The number of carbonyl (C=O) groups excluding carboxylic acids is 12. The van der Waals surface area contributed by atoms with Gasteiger partial charge in [-0.1, -0.05) is 0 Å². The quantitative estimate of drug-likeness (QED) is 0.0254. The molecular weight excluding hydrogens is 1300 g/mol. The van der Waals surface area contributed by atoms with Gasteiger partial charge in [0.1, 0.15) is 34.5 Å². The molecule has 0 radical (unpaired) electrons. The number of hydrogen-bond acceptors (Lipinski definition) is 17. The van der Waals surface area contributed by atoms with Gasteiger partial charge < -0.3 is 111 Å². The Morgan fingerprint density at radius 1 is 0.390 bits per heavy atom. The molecule has 8 rings (SSSR count). The molecule has 37 nitrogen and oxygen atoms in total. The molecule has 0 unspecified atom stereocenters. The summed E-state index contributed by atoms with van der Waals surface area (Å²) >= 11 is 0. The van der Waals surface area contributed by atoms with Gasteiger partial charge in [0.15, 0.2) is 17.5 Å². The number of imidazole rings is 3. The van der Waals surface area contributed by atoms with Gasteiger partial charge in [0.25, 0.3) is 47.3 Å². The fourth-order valence-corrected chi connectivity index (χ4v) is 10.2. The molecule has 100 heavy (non-hydrogen) atoms. The Balaban J connectivity index is 0.705. The van der Waals surface area contributed by atoms with Crippen LogP contribution in [0.4, 0.5) is 40.1 Å². The highest BCUT2D eigenvalue weighted by atomic mass is 16.2. The van der Waals surface area contributed by atoms with Crippen LogP contribution in [-0.2, 0) is 75.6 Å². The maximum atomic E-state index is 13.4. The van der Waals surface area contributed by atoms with Crippen molar-refractivity contribution in [1.82, 2.24) is 83.0 Å². The second kappa shape index (κ2) is 33.0. The molecule has 1 atom stereocenters. The molecule has 37 heteroatoms. The van der Waals surface area contributed by atoms with Crippen LogP contribution in [-0.4, -0.2) is 187 Å². The maximum absolute atomic E-state index is 13.4. The summed E-state index contributed by atoms with van der Waals surface area (Å²) in [6.45, 7) is 1.25. The molecule has 0 saturated carbocycles. The van der Waals surface area contributed by atoms with Crippen molar-refractivity contribution in [2.45, 2.75) is 38.1 Å². The van der Waals surface area contributed by atoms with E-state index in [1.54, 1.807) is 78.7 Å². The lowest BCUT2D eigenvalue weighted by atomic mass is 10.2. The molecule has 0 aliphatic heterocycles. The van der Waals surface area contributed by atoms with E-state index in [0.29, 0.717) is 23.6 Å². The Kier molecular flexibility index (Phi) is 24.2. The summed E-state index contributed by atoms with van der Waals surface area (Å²) < 4.78 is 11.8. The predicted molar refractivity (Wildman–Crippen MR) is 366 cm³/mol. The molecule has 0 aliphatic carbocycles. The first-order valence-corrected chi connectivity index (χ1v) is 31.3. The summed E-state index contributed by atoms with van der Waals surface area (Å²) in [4.78, 5) is 170. The van der Waals surface area contributed by atoms with E-state index in [1.807, 2.05) is 19.0 Å². The van der Waals surface area contributed by atoms with Crippen molar-refractivity contribution >= 4 is 111 Å². The Morgan fingerprint density at radius 2 is 0.770 bits per heavy atom. The molecular formula is C63H81N25O12. The van der Waals surface area contributed by atoms with E-state index < -0.39 is 71.0 Å². The number of anilines is 7. The van der Waals surface area contributed by atoms with Crippen LogP contribution in [0.3, 0.4) is 0 Å². The highest BCUT2D eigenvalue weighted by molar-refractivity contribution is 6.08. The second-order valence-electron chi connectivity index (χ2n) is 23.7. The lowest BCUT2D eigenvalue weighted by Crippen LogP contribution is -2.45. The number of nitrogens with zero attached hydrogens (tertiary/aromatic N) is 12. The molecule has 530 valence electrons. The minimum atomic E-state index is -1.22. The van der Waals surface area contributed by atoms with E-state index in [1.165, 1.54) is 100 Å². The van der Waals surface area contributed by atoms with Gasteiger partial charge in [-0.25, -0.2) is 15.0 Å². The van der Waals surface area contributed by atoms with Crippen LogP contribution >= 0.6 is 0 Å². The summed E-state index contributed by atoms with van der Waals surface area (Å²) in [6, 6.07) is 6.09. The molecule has 0 saturated heterocycles. The van der Waals surface area contributed by atoms with Gasteiger partial charge in [-0.05, 0) is 63.8 Å². The van der Waals surface area contributed by atoms with Gasteiger partial charge in [0.05, 0.1) is 28.4 Å². The van der Waals surface area contributed by atoms with E-state index in [-0.39, 0.29) is 127 Å². The van der Waals surface area contributed by atoms with Crippen molar-refractivity contribution in [2.24, 2.45) is 62.1 Å². The average molecular weight is 1380 g/mol. The molecule has 0 fully saturated rings. The third-order valence-corrected chi connectivity index (χ3v) is 15.3. The number of amides is 12. The second-order valence-corrected chi connectivity index (χ2v) is 23.7. The van der Waals surface area contributed by atoms with Crippen LogP contribution in [0.15, 0.2) is 86.1 Å². The van der Waals surface area contributed by atoms with Crippen LogP contribution in [0, 0.1) is 0 Å². The molecule has 0 aliphatic rings. The first-order valence-electron chi connectivity index (χ1n) is 31.3. The van der Waals surface area contributed by atoms with Crippen molar-refractivity contribution in [2.75, 3.05) is 90.6 Å². The Hall–Kier alpha value is -12.4. The van der Waals surface area contributed by atoms with Crippen LogP contribution < -0.4 is 69.5 Å². The van der Waals surface area contributed by atoms with E-state index in [4.69, 9.17) is 5.73 Å². The zero-order chi connectivity index (χ0) is 72.6. The van der Waals surface area contributed by atoms with Gasteiger partial charge in [-0.3, -0.25) is 57.5 Å². The lowest BCUT2D eigenvalue weighted by Gasteiger charge is -2.12. The van der Waals surface area contributed by atoms with Crippen molar-refractivity contribution in [3.63, 3.8) is 0 Å². The number of hydrogen-bond donors (Lipinski definition) is 13. The van der Waals surface area contributed by atoms with E-state index in [0.717, 1.165) is 13.0 Å². The van der Waals surface area contributed by atoms with Crippen molar-refractivity contribution in [3.8, 4) is 0 Å². The fourth-order valence-electron chi connectivity index (χ4n) is 10.2. The van der Waals surface area contributed by atoms with Crippen molar-refractivity contribution in [3.05, 3.63) is 132 Å². The van der Waals surface area contributed by atoms with E-state index in [9.17, 15) is 57.5 Å². The number of nitrogens with one attached hydrogen (secondary N) is 12. The van der Waals surface area contributed by atoms with E-state index >= 15 is 0 Å². The Bertz CT molecular complexity index is 4410. The lowest BCUT2D eigenvalue weighted by molar-refractivity contribution is -0.121. The highest BCUT2D eigenvalue weighted by Crippen LogP contribution is 2.21. The third-order valence-electron chi connectivity index (χ3n) is 15.3. The molecule has 0 bridgehead atoms. The normalized spacial score (nSPS) is 11.3. The average Bonchev–Trinajstić information content (AvgIpc) is 1.69. The SMILES string of the molecule is CN(C)CCCNC(=O)CCNC(=O)c1cc(NC(=O)c2nc(NC(=O)CCNC(=O)c3cc(NC(=O)c4cc(NC(=O)CCCNC(=O)c5cc(NC(=O)c6nc(NC(=O)[C@@H](N)CNC(=O)c7cc(NC(=O)c8nccn8C)cn7C)cn6C)cn5C)cn4C)cn3C)cn2C)cn1C.